The third-order valence-electron chi connectivity index (χ3n) is 3.87. The van der Waals surface area contributed by atoms with Gasteiger partial charge in [0.05, 0.1) is 6.54 Å². The number of thiophene rings is 1. The number of carbonyl (C=O) groups excluding carboxylic acids is 1. The van der Waals surface area contributed by atoms with E-state index >= 15 is 0 Å². The van der Waals surface area contributed by atoms with E-state index < -0.39 is 0 Å². The van der Waals surface area contributed by atoms with E-state index in [1.807, 2.05) is 0 Å². The molecule has 2 heterocycles. The second kappa shape index (κ2) is 5.41. The first-order valence-electron chi connectivity index (χ1n) is 6.87. The lowest BCUT2D eigenvalue weighted by Gasteiger charge is -2.22. The first-order valence-corrected chi connectivity index (χ1v) is 7.75. The highest BCUT2D eigenvalue weighted by molar-refractivity contribution is 7.10. The molecule has 1 unspecified atom stereocenters. The summed E-state index contributed by atoms with van der Waals surface area (Å²) in [4.78, 5) is 15.6. The summed E-state index contributed by atoms with van der Waals surface area (Å²) >= 11 is 1.81. The Balaban J connectivity index is 1.52. The zero-order chi connectivity index (χ0) is 12.4. The molecule has 1 aliphatic carbocycles. The van der Waals surface area contributed by atoms with E-state index in [-0.39, 0.29) is 5.91 Å². The van der Waals surface area contributed by atoms with Gasteiger partial charge in [0, 0.05) is 17.5 Å². The molecule has 1 aromatic heterocycles. The fourth-order valence-electron chi connectivity index (χ4n) is 2.64. The zero-order valence-electron chi connectivity index (χ0n) is 10.6. The monoisotopic (exact) mass is 264 g/mol. The molecule has 1 saturated heterocycles. The quantitative estimate of drug-likeness (QED) is 0.886. The van der Waals surface area contributed by atoms with Crippen LogP contribution in [0.1, 0.15) is 36.6 Å². The lowest BCUT2D eigenvalue weighted by Crippen LogP contribution is -2.37. The van der Waals surface area contributed by atoms with Gasteiger partial charge in [0.25, 0.3) is 0 Å². The summed E-state index contributed by atoms with van der Waals surface area (Å²) in [5.74, 6) is 0.964. The van der Waals surface area contributed by atoms with E-state index in [4.69, 9.17) is 0 Å². The normalized spacial score (nSPS) is 24.3. The number of carbonyl (C=O) groups is 1. The van der Waals surface area contributed by atoms with Crippen LogP contribution in [-0.2, 0) is 4.79 Å². The number of hydrogen-bond donors (Lipinski definition) is 1. The van der Waals surface area contributed by atoms with Gasteiger partial charge in [0.2, 0.25) is 5.91 Å². The van der Waals surface area contributed by atoms with Crippen LogP contribution < -0.4 is 5.32 Å². The van der Waals surface area contributed by atoms with Crippen LogP contribution in [0, 0.1) is 5.92 Å². The van der Waals surface area contributed by atoms with Crippen LogP contribution >= 0.6 is 11.3 Å². The van der Waals surface area contributed by atoms with Crippen LogP contribution in [0.15, 0.2) is 17.5 Å². The molecule has 0 radical (unpaired) electrons. The first-order chi connectivity index (χ1) is 8.83. The van der Waals surface area contributed by atoms with Crippen molar-refractivity contribution in [3.63, 3.8) is 0 Å². The van der Waals surface area contributed by atoms with Crippen LogP contribution in [0.3, 0.4) is 0 Å². The van der Waals surface area contributed by atoms with Crippen molar-refractivity contribution in [3.8, 4) is 0 Å². The van der Waals surface area contributed by atoms with Gasteiger partial charge >= 0.3 is 0 Å². The summed E-state index contributed by atoms with van der Waals surface area (Å²) in [5, 5.41) is 5.18. The van der Waals surface area contributed by atoms with Gasteiger partial charge in [0.15, 0.2) is 0 Å². The fourth-order valence-corrected chi connectivity index (χ4v) is 3.53. The summed E-state index contributed by atoms with van der Waals surface area (Å²) in [5.41, 5.74) is 0. The van der Waals surface area contributed by atoms with Crippen molar-refractivity contribution in [2.75, 3.05) is 19.6 Å². The predicted octanol–water partition coefficient (Wildman–Crippen LogP) is 2.41. The van der Waals surface area contributed by atoms with Crippen LogP contribution in [0.25, 0.3) is 0 Å². The highest BCUT2D eigenvalue weighted by Crippen LogP contribution is 2.34. The van der Waals surface area contributed by atoms with Crippen LogP contribution in [-0.4, -0.2) is 30.4 Å². The molecule has 1 atom stereocenters. The summed E-state index contributed by atoms with van der Waals surface area (Å²) in [6.45, 7) is 2.51. The second-order valence-corrected chi connectivity index (χ2v) is 6.37. The molecule has 1 N–H and O–H groups in total. The molecule has 0 spiro atoms. The van der Waals surface area contributed by atoms with Gasteiger partial charge in [-0.25, -0.2) is 0 Å². The maximum absolute atomic E-state index is 11.9. The Kier molecular flexibility index (Phi) is 3.66. The minimum atomic E-state index is 0.199. The molecule has 1 amide bonds. The molecule has 98 valence electrons. The van der Waals surface area contributed by atoms with Crippen molar-refractivity contribution >= 4 is 17.2 Å². The van der Waals surface area contributed by atoms with Crippen molar-refractivity contribution in [1.82, 2.24) is 10.2 Å². The van der Waals surface area contributed by atoms with Crippen molar-refractivity contribution in [2.45, 2.75) is 31.7 Å². The lowest BCUT2D eigenvalue weighted by atomic mass is 10.2. The average Bonchev–Trinajstić information content (AvgIpc) is 2.85. The van der Waals surface area contributed by atoms with E-state index in [1.165, 1.54) is 30.6 Å². The maximum atomic E-state index is 11.9. The topological polar surface area (TPSA) is 32.3 Å². The molecule has 1 aliphatic heterocycles. The van der Waals surface area contributed by atoms with Gasteiger partial charge in [0.1, 0.15) is 0 Å². The fraction of sp³-hybridized carbons (Fsp3) is 0.643. The number of likely N-dealkylation sites (tertiary alicyclic amines) is 1. The van der Waals surface area contributed by atoms with E-state index in [1.54, 1.807) is 11.3 Å². The Labute approximate surface area is 112 Å². The minimum absolute atomic E-state index is 0.199. The highest BCUT2D eigenvalue weighted by Gasteiger charge is 2.28. The summed E-state index contributed by atoms with van der Waals surface area (Å²) < 4.78 is 0. The SMILES string of the molecule is O=C(CN1CCCC1c1cccs1)NCC1CC1. The molecule has 3 nitrogen and oxygen atoms in total. The van der Waals surface area contributed by atoms with Crippen LogP contribution in [0.4, 0.5) is 0 Å². The number of amides is 1. The molecule has 1 aromatic rings. The van der Waals surface area contributed by atoms with Crippen molar-refractivity contribution in [1.29, 1.82) is 0 Å². The predicted molar refractivity (Wildman–Crippen MR) is 73.6 cm³/mol. The molecule has 0 bridgehead atoms. The largest absolute Gasteiger partial charge is 0.355 e. The average molecular weight is 264 g/mol. The highest BCUT2D eigenvalue weighted by atomic mass is 32.1. The molecule has 0 aromatic carbocycles. The van der Waals surface area contributed by atoms with Gasteiger partial charge in [-0.05, 0) is 49.6 Å². The Hall–Kier alpha value is -0.870. The molecular formula is C14H20N2OS. The van der Waals surface area contributed by atoms with E-state index in [2.05, 4.69) is 27.7 Å². The Bertz CT molecular complexity index is 400. The molecule has 1 saturated carbocycles. The van der Waals surface area contributed by atoms with Crippen LogP contribution in [0.2, 0.25) is 0 Å². The van der Waals surface area contributed by atoms with Gasteiger partial charge in [-0.1, -0.05) is 6.07 Å². The smallest absolute Gasteiger partial charge is 0.234 e. The van der Waals surface area contributed by atoms with E-state index in [0.717, 1.165) is 19.0 Å². The second-order valence-electron chi connectivity index (χ2n) is 5.39. The van der Waals surface area contributed by atoms with Gasteiger partial charge in [-0.3, -0.25) is 9.69 Å². The van der Waals surface area contributed by atoms with Crippen LogP contribution in [0.5, 0.6) is 0 Å². The number of nitrogens with one attached hydrogen (secondary N) is 1. The summed E-state index contributed by atoms with van der Waals surface area (Å²) in [7, 11) is 0. The lowest BCUT2D eigenvalue weighted by molar-refractivity contribution is -0.122. The third-order valence-corrected chi connectivity index (χ3v) is 4.84. The minimum Gasteiger partial charge on any atom is -0.355 e. The molecule has 2 aliphatic rings. The number of nitrogens with zero attached hydrogens (tertiary/aromatic N) is 1. The summed E-state index contributed by atoms with van der Waals surface area (Å²) in [6, 6.07) is 4.76. The van der Waals surface area contributed by atoms with E-state index in [9.17, 15) is 4.79 Å². The number of rotatable bonds is 5. The Morgan fingerprint density at radius 1 is 1.44 bits per heavy atom. The van der Waals surface area contributed by atoms with E-state index in [0.29, 0.717) is 12.6 Å². The standard InChI is InChI=1S/C14H20N2OS/c17-14(15-9-11-5-6-11)10-16-7-1-3-12(16)13-4-2-8-18-13/h2,4,8,11-12H,1,3,5-7,9-10H2,(H,15,17). The Morgan fingerprint density at radius 2 is 2.33 bits per heavy atom. The zero-order valence-corrected chi connectivity index (χ0v) is 11.4. The van der Waals surface area contributed by atoms with Crippen molar-refractivity contribution in [3.05, 3.63) is 22.4 Å². The maximum Gasteiger partial charge on any atom is 0.234 e. The van der Waals surface area contributed by atoms with Gasteiger partial charge in [-0.15, -0.1) is 11.3 Å². The molecular weight excluding hydrogens is 244 g/mol. The molecule has 4 heteroatoms. The molecule has 18 heavy (non-hydrogen) atoms. The van der Waals surface area contributed by atoms with Gasteiger partial charge < -0.3 is 5.32 Å². The number of hydrogen-bond acceptors (Lipinski definition) is 3. The Morgan fingerprint density at radius 3 is 3.06 bits per heavy atom. The summed E-state index contributed by atoms with van der Waals surface area (Å²) in [6.07, 6.45) is 4.98. The van der Waals surface area contributed by atoms with Crippen molar-refractivity contribution in [2.24, 2.45) is 5.92 Å². The molecule has 3 rings (SSSR count). The van der Waals surface area contributed by atoms with Crippen molar-refractivity contribution < 1.29 is 4.79 Å². The van der Waals surface area contributed by atoms with Gasteiger partial charge in [-0.2, -0.15) is 0 Å². The molecule has 2 fully saturated rings. The first kappa shape index (κ1) is 12.2. The third kappa shape index (κ3) is 2.93.